The van der Waals surface area contributed by atoms with Gasteiger partial charge in [-0.3, -0.25) is 10.1 Å². The van der Waals surface area contributed by atoms with Gasteiger partial charge in [-0.2, -0.15) is 0 Å². The molecule has 0 spiro atoms. The zero-order chi connectivity index (χ0) is 12.4. The van der Waals surface area contributed by atoms with Gasteiger partial charge in [0.05, 0.1) is 4.91 Å². The van der Waals surface area contributed by atoms with E-state index in [2.05, 4.69) is 10.5 Å². The van der Waals surface area contributed by atoms with Gasteiger partial charge in [-0.1, -0.05) is 34.4 Å². The molecule has 0 aliphatic carbocycles. The average Bonchev–Trinajstić information content (AvgIpc) is 2.64. The molecular formula is C10H6Cl2N2O2S. The summed E-state index contributed by atoms with van der Waals surface area (Å²) in [7, 11) is 0. The smallest absolute Gasteiger partial charge is 0.264 e. The van der Waals surface area contributed by atoms with E-state index < -0.39 is 0 Å². The minimum atomic E-state index is -0.325. The molecule has 1 aliphatic rings. The number of rotatable bonds is 1. The predicted octanol–water partition coefficient (Wildman–Crippen LogP) is 2.94. The highest BCUT2D eigenvalue weighted by molar-refractivity contribution is 8.18. The van der Waals surface area contributed by atoms with E-state index in [0.29, 0.717) is 20.5 Å². The number of amides is 1. The maximum absolute atomic E-state index is 11.5. The highest BCUT2D eigenvalue weighted by atomic mass is 35.5. The monoisotopic (exact) mass is 288 g/mol. The molecule has 7 heteroatoms. The molecule has 0 bridgehead atoms. The zero-order valence-corrected chi connectivity index (χ0v) is 10.6. The minimum Gasteiger partial charge on any atom is -0.409 e. The Bertz CT molecular complexity index is 543. The molecular weight excluding hydrogens is 283 g/mol. The van der Waals surface area contributed by atoms with Crippen molar-refractivity contribution in [2.75, 3.05) is 0 Å². The SMILES string of the molecule is O=C1N/C(=N/O)S/C1=C/c1ccc(Cl)cc1Cl. The number of amidine groups is 1. The second-order valence-corrected chi connectivity index (χ2v) is 5.01. The first-order chi connectivity index (χ1) is 8.10. The molecule has 2 rings (SSSR count). The van der Waals surface area contributed by atoms with Crippen molar-refractivity contribution >= 4 is 52.1 Å². The van der Waals surface area contributed by atoms with Gasteiger partial charge in [-0.05, 0) is 35.5 Å². The molecule has 0 aromatic heterocycles. The third-order valence-corrected chi connectivity index (χ3v) is 3.45. The number of carbonyl (C=O) groups excluding carboxylic acids is 1. The summed E-state index contributed by atoms with van der Waals surface area (Å²) in [4.78, 5) is 11.9. The number of nitrogens with one attached hydrogen (secondary N) is 1. The Morgan fingerprint density at radius 1 is 1.41 bits per heavy atom. The zero-order valence-electron chi connectivity index (χ0n) is 8.28. The van der Waals surface area contributed by atoms with Gasteiger partial charge in [0.25, 0.3) is 5.91 Å². The van der Waals surface area contributed by atoms with E-state index in [4.69, 9.17) is 28.4 Å². The lowest BCUT2D eigenvalue weighted by Gasteiger charge is -1.99. The first kappa shape index (κ1) is 12.3. The van der Waals surface area contributed by atoms with Gasteiger partial charge in [0, 0.05) is 10.0 Å². The molecule has 0 atom stereocenters. The molecule has 2 N–H and O–H groups in total. The highest BCUT2D eigenvalue weighted by Crippen LogP contribution is 2.29. The molecule has 1 aromatic carbocycles. The van der Waals surface area contributed by atoms with Crippen LogP contribution in [-0.4, -0.2) is 16.3 Å². The lowest BCUT2D eigenvalue weighted by molar-refractivity contribution is -0.115. The van der Waals surface area contributed by atoms with Gasteiger partial charge in [0.15, 0.2) is 0 Å². The van der Waals surface area contributed by atoms with Crippen LogP contribution in [0.1, 0.15) is 5.56 Å². The quantitative estimate of drug-likeness (QED) is 0.474. The van der Waals surface area contributed by atoms with Gasteiger partial charge in [-0.25, -0.2) is 0 Å². The van der Waals surface area contributed by atoms with Crippen molar-refractivity contribution in [1.82, 2.24) is 5.32 Å². The second-order valence-electron chi connectivity index (χ2n) is 3.14. The third-order valence-electron chi connectivity index (χ3n) is 1.99. The summed E-state index contributed by atoms with van der Waals surface area (Å²) in [6.07, 6.45) is 1.61. The van der Waals surface area contributed by atoms with Gasteiger partial charge in [0.1, 0.15) is 0 Å². The van der Waals surface area contributed by atoms with Crippen molar-refractivity contribution in [3.8, 4) is 0 Å². The number of hydrogen-bond acceptors (Lipinski definition) is 4. The summed E-state index contributed by atoms with van der Waals surface area (Å²) < 4.78 is 0. The highest BCUT2D eigenvalue weighted by Gasteiger charge is 2.24. The van der Waals surface area contributed by atoms with Crippen LogP contribution >= 0.6 is 35.0 Å². The fourth-order valence-corrected chi connectivity index (χ4v) is 2.42. The van der Waals surface area contributed by atoms with Crippen molar-refractivity contribution < 1.29 is 10.0 Å². The van der Waals surface area contributed by atoms with E-state index in [0.717, 1.165) is 11.8 Å². The lowest BCUT2D eigenvalue weighted by Crippen LogP contribution is -2.19. The molecule has 1 saturated heterocycles. The second kappa shape index (κ2) is 5.00. The Kier molecular flexibility index (Phi) is 3.61. The Hall–Kier alpha value is -1.17. The van der Waals surface area contributed by atoms with E-state index in [1.165, 1.54) is 0 Å². The number of thioether (sulfide) groups is 1. The Labute approximate surface area is 111 Å². The standard InChI is InChI=1S/C10H6Cl2N2O2S/c11-6-2-1-5(7(12)4-6)3-8-9(15)13-10(14-16)17-8/h1-4,16H,(H,13,14,15)/b8-3+. The topological polar surface area (TPSA) is 61.7 Å². The third kappa shape index (κ3) is 2.74. The molecule has 1 fully saturated rings. The summed E-state index contributed by atoms with van der Waals surface area (Å²) >= 11 is 12.8. The van der Waals surface area contributed by atoms with Gasteiger partial charge >= 0.3 is 0 Å². The van der Waals surface area contributed by atoms with Gasteiger partial charge in [-0.15, -0.1) is 0 Å². The molecule has 17 heavy (non-hydrogen) atoms. The molecule has 1 aliphatic heterocycles. The number of hydrogen-bond donors (Lipinski definition) is 2. The molecule has 0 radical (unpaired) electrons. The summed E-state index contributed by atoms with van der Waals surface area (Å²) in [6.45, 7) is 0. The van der Waals surface area contributed by atoms with Gasteiger partial charge in [0.2, 0.25) is 5.17 Å². The van der Waals surface area contributed by atoms with Crippen LogP contribution in [0.2, 0.25) is 10.0 Å². The normalized spacial score (nSPS) is 20.0. The number of nitrogens with zero attached hydrogens (tertiary/aromatic N) is 1. The van der Waals surface area contributed by atoms with E-state index in [-0.39, 0.29) is 11.1 Å². The van der Waals surface area contributed by atoms with Crippen LogP contribution in [0.4, 0.5) is 0 Å². The molecule has 0 saturated carbocycles. The fourth-order valence-electron chi connectivity index (χ4n) is 1.23. The van der Waals surface area contributed by atoms with E-state index in [9.17, 15) is 4.79 Å². The molecule has 1 aromatic rings. The van der Waals surface area contributed by atoms with Crippen molar-refractivity contribution in [2.24, 2.45) is 5.16 Å². The number of benzene rings is 1. The number of halogens is 2. The van der Waals surface area contributed by atoms with Crippen LogP contribution in [0.5, 0.6) is 0 Å². The Morgan fingerprint density at radius 2 is 2.18 bits per heavy atom. The van der Waals surface area contributed by atoms with Crippen LogP contribution in [-0.2, 0) is 4.79 Å². The molecule has 1 amide bonds. The molecule has 88 valence electrons. The van der Waals surface area contributed by atoms with Crippen LogP contribution in [0, 0.1) is 0 Å². The van der Waals surface area contributed by atoms with Crippen molar-refractivity contribution in [1.29, 1.82) is 0 Å². The molecule has 1 heterocycles. The molecule has 4 nitrogen and oxygen atoms in total. The minimum absolute atomic E-state index is 0.145. The summed E-state index contributed by atoms with van der Waals surface area (Å²) in [6, 6.07) is 4.98. The van der Waals surface area contributed by atoms with Crippen LogP contribution in [0.15, 0.2) is 28.3 Å². The van der Waals surface area contributed by atoms with Crippen LogP contribution in [0.3, 0.4) is 0 Å². The van der Waals surface area contributed by atoms with Crippen molar-refractivity contribution in [3.05, 3.63) is 38.7 Å². The first-order valence-electron chi connectivity index (χ1n) is 4.48. The summed E-state index contributed by atoms with van der Waals surface area (Å²) in [5.41, 5.74) is 0.674. The lowest BCUT2D eigenvalue weighted by atomic mass is 10.2. The van der Waals surface area contributed by atoms with Crippen molar-refractivity contribution in [2.45, 2.75) is 0 Å². The maximum atomic E-state index is 11.5. The van der Waals surface area contributed by atoms with Crippen LogP contribution in [0.25, 0.3) is 6.08 Å². The van der Waals surface area contributed by atoms with Crippen LogP contribution < -0.4 is 5.32 Å². The number of carbonyl (C=O) groups is 1. The Morgan fingerprint density at radius 3 is 2.76 bits per heavy atom. The van der Waals surface area contributed by atoms with E-state index in [1.54, 1.807) is 24.3 Å². The van der Waals surface area contributed by atoms with Crippen molar-refractivity contribution in [3.63, 3.8) is 0 Å². The maximum Gasteiger partial charge on any atom is 0.264 e. The van der Waals surface area contributed by atoms with E-state index >= 15 is 0 Å². The fraction of sp³-hybridized carbons (Fsp3) is 0. The average molecular weight is 289 g/mol. The number of oxime groups is 1. The van der Waals surface area contributed by atoms with E-state index in [1.807, 2.05) is 0 Å². The Balaban J connectivity index is 2.34. The largest absolute Gasteiger partial charge is 0.409 e. The summed E-state index contributed by atoms with van der Waals surface area (Å²) in [5.74, 6) is -0.325. The summed E-state index contributed by atoms with van der Waals surface area (Å²) in [5, 5.41) is 15.0. The predicted molar refractivity (Wildman–Crippen MR) is 69.4 cm³/mol. The first-order valence-corrected chi connectivity index (χ1v) is 6.05. The molecule has 0 unspecified atom stereocenters. The van der Waals surface area contributed by atoms with Gasteiger partial charge < -0.3 is 5.21 Å².